The number of amides is 2. The molecule has 0 bridgehead atoms. The van der Waals surface area contributed by atoms with Gasteiger partial charge in [-0.05, 0) is 26.8 Å². The standard InChI is InChI=1S/C15H20N6O2/c1-9-7-10(2)21-15(16-9)17-13(18-21)14(23)20-6-5-19(12(4)22)8-11(20)3/h7,11H,5-6,8H2,1-4H3. The number of nitrogens with zero attached hydrogens (tertiary/aromatic N) is 6. The largest absolute Gasteiger partial charge is 0.339 e. The van der Waals surface area contributed by atoms with Crippen molar-refractivity contribution in [3.8, 4) is 0 Å². The van der Waals surface area contributed by atoms with E-state index >= 15 is 0 Å². The monoisotopic (exact) mass is 316 g/mol. The summed E-state index contributed by atoms with van der Waals surface area (Å²) >= 11 is 0. The highest BCUT2D eigenvalue weighted by atomic mass is 16.2. The van der Waals surface area contributed by atoms with Gasteiger partial charge >= 0.3 is 0 Å². The highest BCUT2D eigenvalue weighted by molar-refractivity contribution is 5.91. The Hall–Kier alpha value is -2.51. The van der Waals surface area contributed by atoms with Crippen LogP contribution in [-0.2, 0) is 4.79 Å². The first-order valence-corrected chi connectivity index (χ1v) is 7.64. The molecule has 8 heteroatoms. The summed E-state index contributed by atoms with van der Waals surface area (Å²) in [7, 11) is 0. The summed E-state index contributed by atoms with van der Waals surface area (Å²) in [6.07, 6.45) is 0. The maximum atomic E-state index is 12.7. The van der Waals surface area contributed by atoms with Crippen LogP contribution in [0.3, 0.4) is 0 Å². The molecule has 1 unspecified atom stereocenters. The van der Waals surface area contributed by atoms with Gasteiger partial charge in [0.2, 0.25) is 11.7 Å². The van der Waals surface area contributed by atoms with Crippen LogP contribution in [0.4, 0.5) is 0 Å². The number of hydrogen-bond acceptors (Lipinski definition) is 5. The van der Waals surface area contributed by atoms with Gasteiger partial charge in [-0.1, -0.05) is 0 Å². The highest BCUT2D eigenvalue weighted by Crippen LogP contribution is 2.14. The van der Waals surface area contributed by atoms with Crippen LogP contribution >= 0.6 is 0 Å². The number of carbonyl (C=O) groups excluding carboxylic acids is 2. The third kappa shape index (κ3) is 2.76. The van der Waals surface area contributed by atoms with Crippen molar-refractivity contribution in [1.29, 1.82) is 0 Å². The number of aryl methyl sites for hydroxylation is 2. The average molecular weight is 316 g/mol. The molecular formula is C15H20N6O2. The van der Waals surface area contributed by atoms with Crippen molar-refractivity contribution in [2.75, 3.05) is 19.6 Å². The molecule has 122 valence electrons. The van der Waals surface area contributed by atoms with Gasteiger partial charge in [0.05, 0.1) is 0 Å². The van der Waals surface area contributed by atoms with Gasteiger partial charge in [-0.2, -0.15) is 4.98 Å². The highest BCUT2D eigenvalue weighted by Gasteiger charge is 2.31. The quantitative estimate of drug-likeness (QED) is 0.762. The summed E-state index contributed by atoms with van der Waals surface area (Å²) in [5, 5.41) is 4.29. The minimum atomic E-state index is -0.219. The van der Waals surface area contributed by atoms with E-state index in [1.807, 2.05) is 26.8 Å². The molecule has 2 amide bonds. The molecule has 1 atom stereocenters. The van der Waals surface area contributed by atoms with Crippen LogP contribution < -0.4 is 0 Å². The van der Waals surface area contributed by atoms with Crippen LogP contribution in [0.1, 0.15) is 35.9 Å². The van der Waals surface area contributed by atoms with Gasteiger partial charge in [-0.25, -0.2) is 9.50 Å². The van der Waals surface area contributed by atoms with Gasteiger partial charge in [0.25, 0.3) is 11.7 Å². The second-order valence-corrected chi connectivity index (χ2v) is 6.00. The Balaban J connectivity index is 1.86. The molecule has 1 fully saturated rings. The zero-order valence-electron chi connectivity index (χ0n) is 13.8. The number of piperazine rings is 1. The molecule has 1 aliphatic heterocycles. The lowest BCUT2D eigenvalue weighted by molar-refractivity contribution is -0.131. The van der Waals surface area contributed by atoms with E-state index in [1.165, 1.54) is 0 Å². The van der Waals surface area contributed by atoms with Crippen LogP contribution in [0.25, 0.3) is 5.78 Å². The maximum Gasteiger partial charge on any atom is 0.293 e. The van der Waals surface area contributed by atoms with Crippen molar-refractivity contribution >= 4 is 17.6 Å². The van der Waals surface area contributed by atoms with E-state index in [0.29, 0.717) is 25.4 Å². The minimum Gasteiger partial charge on any atom is -0.339 e. The molecule has 23 heavy (non-hydrogen) atoms. The first kappa shape index (κ1) is 15.4. The van der Waals surface area contributed by atoms with Crippen molar-refractivity contribution < 1.29 is 9.59 Å². The summed E-state index contributed by atoms with van der Waals surface area (Å²) in [5.74, 6) is 0.392. The maximum absolute atomic E-state index is 12.7. The minimum absolute atomic E-state index is 0.0325. The fourth-order valence-corrected chi connectivity index (χ4v) is 2.93. The predicted molar refractivity (Wildman–Crippen MR) is 83.0 cm³/mol. The van der Waals surface area contributed by atoms with E-state index < -0.39 is 0 Å². The molecule has 0 saturated carbocycles. The molecule has 1 saturated heterocycles. The van der Waals surface area contributed by atoms with E-state index in [9.17, 15) is 9.59 Å². The second kappa shape index (κ2) is 5.60. The van der Waals surface area contributed by atoms with Gasteiger partial charge in [0.1, 0.15) is 0 Å². The summed E-state index contributed by atoms with van der Waals surface area (Å²) in [6.45, 7) is 8.81. The molecule has 8 nitrogen and oxygen atoms in total. The number of hydrogen-bond donors (Lipinski definition) is 0. The summed E-state index contributed by atoms with van der Waals surface area (Å²) in [6, 6.07) is 1.83. The molecular weight excluding hydrogens is 296 g/mol. The average Bonchev–Trinajstić information content (AvgIpc) is 2.90. The molecule has 2 aromatic heterocycles. The van der Waals surface area contributed by atoms with Crippen LogP contribution in [0.15, 0.2) is 6.07 Å². The zero-order chi connectivity index (χ0) is 16.7. The smallest absolute Gasteiger partial charge is 0.293 e. The van der Waals surface area contributed by atoms with E-state index in [-0.39, 0.29) is 23.7 Å². The van der Waals surface area contributed by atoms with E-state index in [0.717, 1.165) is 11.4 Å². The lowest BCUT2D eigenvalue weighted by Crippen LogP contribution is -2.55. The molecule has 1 aliphatic rings. The van der Waals surface area contributed by atoms with E-state index in [2.05, 4.69) is 15.1 Å². The summed E-state index contributed by atoms with van der Waals surface area (Å²) in [4.78, 5) is 36.2. The number of aromatic nitrogens is 4. The van der Waals surface area contributed by atoms with Crippen molar-refractivity contribution in [2.45, 2.75) is 33.7 Å². The van der Waals surface area contributed by atoms with Crippen molar-refractivity contribution in [3.05, 3.63) is 23.3 Å². The fraction of sp³-hybridized carbons (Fsp3) is 0.533. The Morgan fingerprint density at radius 1 is 1.22 bits per heavy atom. The predicted octanol–water partition coefficient (Wildman–Crippen LogP) is 0.434. The number of rotatable bonds is 1. The summed E-state index contributed by atoms with van der Waals surface area (Å²) in [5.41, 5.74) is 1.72. The molecule has 3 heterocycles. The van der Waals surface area contributed by atoms with E-state index in [4.69, 9.17) is 0 Å². The van der Waals surface area contributed by atoms with Crippen molar-refractivity contribution in [3.63, 3.8) is 0 Å². The van der Waals surface area contributed by atoms with Crippen LogP contribution in [-0.4, -0.2) is 66.9 Å². The lowest BCUT2D eigenvalue weighted by Gasteiger charge is -2.38. The van der Waals surface area contributed by atoms with Crippen LogP contribution in [0.2, 0.25) is 0 Å². The molecule has 3 rings (SSSR count). The third-order valence-electron chi connectivity index (χ3n) is 4.14. The van der Waals surface area contributed by atoms with Crippen molar-refractivity contribution in [1.82, 2.24) is 29.4 Å². The Morgan fingerprint density at radius 2 is 1.96 bits per heavy atom. The van der Waals surface area contributed by atoms with Gasteiger partial charge in [-0.3, -0.25) is 9.59 Å². The molecule has 2 aromatic rings. The molecule has 0 spiro atoms. The Morgan fingerprint density at radius 3 is 2.61 bits per heavy atom. The lowest BCUT2D eigenvalue weighted by atomic mass is 10.2. The van der Waals surface area contributed by atoms with E-state index in [1.54, 1.807) is 21.2 Å². The zero-order valence-corrected chi connectivity index (χ0v) is 13.8. The van der Waals surface area contributed by atoms with Gasteiger partial charge in [0.15, 0.2) is 0 Å². The van der Waals surface area contributed by atoms with Crippen LogP contribution in [0.5, 0.6) is 0 Å². The Bertz CT molecular complexity index is 784. The van der Waals surface area contributed by atoms with Gasteiger partial charge in [-0.15, -0.1) is 5.10 Å². The number of fused-ring (bicyclic) bond motifs is 1. The third-order valence-corrected chi connectivity index (χ3v) is 4.14. The molecule has 0 aliphatic carbocycles. The topological polar surface area (TPSA) is 83.7 Å². The normalized spacial score (nSPS) is 18.5. The second-order valence-electron chi connectivity index (χ2n) is 6.00. The van der Waals surface area contributed by atoms with Crippen LogP contribution in [0, 0.1) is 13.8 Å². The van der Waals surface area contributed by atoms with Crippen molar-refractivity contribution in [2.24, 2.45) is 0 Å². The Labute approximate surface area is 134 Å². The SMILES string of the molecule is CC(=O)N1CCN(C(=O)c2nc3nc(C)cc(C)n3n2)C(C)C1. The first-order chi connectivity index (χ1) is 10.9. The molecule has 0 aromatic carbocycles. The molecule has 0 N–H and O–H groups in total. The summed E-state index contributed by atoms with van der Waals surface area (Å²) < 4.78 is 1.58. The first-order valence-electron chi connectivity index (χ1n) is 7.64. The number of carbonyl (C=O) groups is 2. The van der Waals surface area contributed by atoms with Gasteiger partial charge in [0, 0.05) is 44.0 Å². The van der Waals surface area contributed by atoms with Gasteiger partial charge < -0.3 is 9.80 Å². The Kier molecular flexibility index (Phi) is 3.75. The fourth-order valence-electron chi connectivity index (χ4n) is 2.93. The molecule has 0 radical (unpaired) electrons.